The molecule has 1 aromatic carbocycles. The molecule has 0 spiro atoms. The Morgan fingerprint density at radius 3 is 2.62 bits per heavy atom. The molecule has 0 saturated carbocycles. The van der Waals surface area contributed by atoms with Crippen LogP contribution in [0.3, 0.4) is 0 Å². The topological polar surface area (TPSA) is 75.7 Å². The lowest BCUT2D eigenvalue weighted by atomic mass is 9.90. The van der Waals surface area contributed by atoms with Crippen LogP contribution >= 0.6 is 0 Å². The molecule has 0 radical (unpaired) electrons. The van der Waals surface area contributed by atoms with Gasteiger partial charge in [0.25, 0.3) is 5.91 Å². The number of carbonyl (C=O) groups is 3. The van der Waals surface area contributed by atoms with Gasteiger partial charge in [-0.3, -0.25) is 14.4 Å². The number of amides is 2. The first kappa shape index (κ1) is 18.4. The van der Waals surface area contributed by atoms with E-state index in [4.69, 9.17) is 4.74 Å². The van der Waals surface area contributed by atoms with Crippen molar-refractivity contribution in [3.63, 3.8) is 0 Å². The van der Waals surface area contributed by atoms with Gasteiger partial charge in [-0.05, 0) is 37.5 Å². The van der Waals surface area contributed by atoms with E-state index in [1.54, 1.807) is 11.8 Å². The highest BCUT2D eigenvalue weighted by molar-refractivity contribution is 6.00. The molecule has 6 nitrogen and oxygen atoms in total. The van der Waals surface area contributed by atoms with E-state index in [1.807, 2.05) is 0 Å². The molecule has 26 heavy (non-hydrogen) atoms. The third-order valence-corrected chi connectivity index (χ3v) is 4.90. The predicted molar refractivity (Wildman–Crippen MR) is 93.0 cm³/mol. The van der Waals surface area contributed by atoms with E-state index in [-0.39, 0.29) is 23.9 Å². The highest BCUT2D eigenvalue weighted by Gasteiger charge is 2.34. The number of anilines is 1. The van der Waals surface area contributed by atoms with Crippen LogP contribution in [0.1, 0.15) is 50.5 Å². The van der Waals surface area contributed by atoms with E-state index < -0.39 is 23.8 Å². The van der Waals surface area contributed by atoms with E-state index in [0.29, 0.717) is 18.7 Å². The van der Waals surface area contributed by atoms with Crippen LogP contribution in [-0.4, -0.2) is 41.9 Å². The van der Waals surface area contributed by atoms with Crippen LogP contribution in [0.15, 0.2) is 18.2 Å². The monoisotopic (exact) mass is 362 g/mol. The van der Waals surface area contributed by atoms with Crippen molar-refractivity contribution in [1.82, 2.24) is 4.90 Å². The molecule has 0 aromatic heterocycles. The van der Waals surface area contributed by atoms with Gasteiger partial charge in [-0.15, -0.1) is 0 Å². The van der Waals surface area contributed by atoms with Crippen LogP contribution in [0, 0.1) is 5.82 Å². The van der Waals surface area contributed by atoms with Gasteiger partial charge in [0.1, 0.15) is 5.82 Å². The zero-order valence-electron chi connectivity index (χ0n) is 14.8. The van der Waals surface area contributed by atoms with Crippen LogP contribution in [-0.2, 0) is 19.1 Å². The summed E-state index contributed by atoms with van der Waals surface area (Å²) in [6, 6.07) is 3.89. The lowest BCUT2D eigenvalue weighted by molar-refractivity contribution is -0.160. The molecule has 140 valence electrons. The number of benzene rings is 1. The van der Waals surface area contributed by atoms with E-state index in [2.05, 4.69) is 5.32 Å². The molecular formula is C19H23FN2O4. The number of nitrogens with zero attached hydrogens (tertiary/aromatic N) is 1. The second kappa shape index (κ2) is 7.85. The standard InChI is InChI=1S/C19H23FN2O4/c1-12(18(24)22-8-4-2-3-5-9-22)26-19(25)15-11-17(23)21-16-10-13(20)6-7-14(15)16/h6-7,10,12,15H,2-5,8-9,11H2,1H3,(H,21,23)/t12-,15+/m1/s1. The average molecular weight is 362 g/mol. The summed E-state index contributed by atoms with van der Waals surface area (Å²) >= 11 is 0. The smallest absolute Gasteiger partial charge is 0.314 e. The largest absolute Gasteiger partial charge is 0.452 e. The van der Waals surface area contributed by atoms with Crippen molar-refractivity contribution in [3.05, 3.63) is 29.6 Å². The zero-order valence-corrected chi connectivity index (χ0v) is 14.8. The van der Waals surface area contributed by atoms with Gasteiger partial charge in [0.05, 0.1) is 5.92 Å². The third kappa shape index (κ3) is 4.03. The molecule has 0 bridgehead atoms. The summed E-state index contributed by atoms with van der Waals surface area (Å²) < 4.78 is 18.8. The number of esters is 1. The molecule has 2 heterocycles. The summed E-state index contributed by atoms with van der Waals surface area (Å²) in [5.74, 6) is -2.55. The van der Waals surface area contributed by atoms with Crippen LogP contribution in [0.5, 0.6) is 0 Å². The number of carbonyl (C=O) groups excluding carboxylic acids is 3. The molecule has 1 saturated heterocycles. The third-order valence-electron chi connectivity index (χ3n) is 4.90. The van der Waals surface area contributed by atoms with Crippen molar-refractivity contribution >= 4 is 23.5 Å². The average Bonchev–Trinajstić information content (AvgIpc) is 2.89. The van der Waals surface area contributed by atoms with Gasteiger partial charge >= 0.3 is 5.97 Å². The molecule has 1 aromatic rings. The number of fused-ring (bicyclic) bond motifs is 1. The summed E-state index contributed by atoms with van der Waals surface area (Å²) in [6.45, 7) is 2.91. The number of nitrogens with one attached hydrogen (secondary N) is 1. The van der Waals surface area contributed by atoms with Crippen LogP contribution < -0.4 is 5.32 Å². The van der Waals surface area contributed by atoms with E-state index >= 15 is 0 Å². The van der Waals surface area contributed by atoms with E-state index in [9.17, 15) is 18.8 Å². The predicted octanol–water partition coefficient (Wildman–Crippen LogP) is 2.59. The lowest BCUT2D eigenvalue weighted by Crippen LogP contribution is -2.41. The van der Waals surface area contributed by atoms with Gasteiger partial charge in [-0.25, -0.2) is 4.39 Å². The summed E-state index contributed by atoms with van der Waals surface area (Å²) in [7, 11) is 0. The summed E-state index contributed by atoms with van der Waals surface area (Å²) in [6.07, 6.45) is 3.12. The molecule has 2 aliphatic rings. The maximum absolute atomic E-state index is 13.4. The number of rotatable bonds is 3. The van der Waals surface area contributed by atoms with Crippen LogP contribution in [0.25, 0.3) is 0 Å². The quantitative estimate of drug-likeness (QED) is 0.839. The molecule has 0 unspecified atom stereocenters. The highest BCUT2D eigenvalue weighted by Crippen LogP contribution is 2.33. The van der Waals surface area contributed by atoms with Gasteiger partial charge in [0.15, 0.2) is 6.10 Å². The van der Waals surface area contributed by atoms with Gasteiger partial charge < -0.3 is 15.0 Å². The molecule has 1 fully saturated rings. The summed E-state index contributed by atoms with van der Waals surface area (Å²) in [4.78, 5) is 38.7. The highest BCUT2D eigenvalue weighted by atomic mass is 19.1. The van der Waals surface area contributed by atoms with Gasteiger partial charge in [-0.1, -0.05) is 18.9 Å². The fourth-order valence-corrected chi connectivity index (χ4v) is 3.50. The zero-order chi connectivity index (χ0) is 18.7. The Labute approximate surface area is 151 Å². The number of halogens is 1. The Bertz CT molecular complexity index is 713. The summed E-state index contributed by atoms with van der Waals surface area (Å²) in [5, 5.41) is 2.56. The molecule has 3 rings (SSSR count). The van der Waals surface area contributed by atoms with Crippen LogP contribution in [0.2, 0.25) is 0 Å². The minimum atomic E-state index is -0.908. The van der Waals surface area contributed by atoms with Crippen LogP contribution in [0.4, 0.5) is 10.1 Å². The first-order valence-corrected chi connectivity index (χ1v) is 9.04. The number of likely N-dealkylation sites (tertiary alicyclic amines) is 1. The van der Waals surface area contributed by atoms with Crippen molar-refractivity contribution in [2.45, 2.75) is 51.0 Å². The summed E-state index contributed by atoms with van der Waals surface area (Å²) in [5.41, 5.74) is 0.778. The minimum Gasteiger partial charge on any atom is -0.452 e. The maximum Gasteiger partial charge on any atom is 0.314 e. The second-order valence-corrected chi connectivity index (χ2v) is 6.86. The lowest BCUT2D eigenvalue weighted by Gasteiger charge is -2.27. The number of hydrogen-bond acceptors (Lipinski definition) is 4. The molecule has 7 heteroatoms. The molecule has 2 amide bonds. The van der Waals surface area contributed by atoms with Gasteiger partial charge in [0, 0.05) is 25.2 Å². The fourth-order valence-electron chi connectivity index (χ4n) is 3.50. The SMILES string of the molecule is C[C@@H](OC(=O)[C@H]1CC(=O)Nc2cc(F)ccc21)C(=O)N1CCCCCC1. The number of ether oxygens (including phenoxy) is 1. The Hall–Kier alpha value is -2.44. The van der Waals surface area contributed by atoms with E-state index in [1.165, 1.54) is 18.2 Å². The normalized spacial score (nSPS) is 21.2. The van der Waals surface area contributed by atoms with Gasteiger partial charge in [-0.2, -0.15) is 0 Å². The molecule has 2 atom stereocenters. The van der Waals surface area contributed by atoms with Gasteiger partial charge in [0.2, 0.25) is 5.91 Å². The van der Waals surface area contributed by atoms with Crippen molar-refractivity contribution in [2.24, 2.45) is 0 Å². The first-order chi connectivity index (χ1) is 12.5. The molecule has 1 N–H and O–H groups in total. The Balaban J connectivity index is 1.69. The first-order valence-electron chi connectivity index (χ1n) is 9.04. The molecular weight excluding hydrogens is 339 g/mol. The Morgan fingerprint density at radius 1 is 1.23 bits per heavy atom. The van der Waals surface area contributed by atoms with Crippen molar-refractivity contribution in [2.75, 3.05) is 18.4 Å². The second-order valence-electron chi connectivity index (χ2n) is 6.86. The maximum atomic E-state index is 13.4. The number of hydrogen-bond donors (Lipinski definition) is 1. The van der Waals surface area contributed by atoms with Crippen molar-refractivity contribution in [1.29, 1.82) is 0 Å². The minimum absolute atomic E-state index is 0.0813. The van der Waals surface area contributed by atoms with Crippen molar-refractivity contribution in [3.8, 4) is 0 Å². The molecule has 0 aliphatic carbocycles. The Kier molecular flexibility index (Phi) is 5.54. The Morgan fingerprint density at radius 2 is 1.92 bits per heavy atom. The van der Waals surface area contributed by atoms with E-state index in [0.717, 1.165) is 25.7 Å². The molecule has 2 aliphatic heterocycles. The van der Waals surface area contributed by atoms with Crippen molar-refractivity contribution < 1.29 is 23.5 Å². The fraction of sp³-hybridized carbons (Fsp3) is 0.526.